The van der Waals surface area contributed by atoms with Gasteiger partial charge in [0.2, 0.25) is 0 Å². The highest BCUT2D eigenvalue weighted by molar-refractivity contribution is 6.30. The van der Waals surface area contributed by atoms with Crippen LogP contribution in [-0.2, 0) is 4.74 Å². The van der Waals surface area contributed by atoms with E-state index in [9.17, 15) is 9.50 Å². The third kappa shape index (κ3) is 2.87. The summed E-state index contributed by atoms with van der Waals surface area (Å²) in [5.41, 5.74) is 2.08. The quantitative estimate of drug-likeness (QED) is 0.832. The van der Waals surface area contributed by atoms with Crippen LogP contribution in [0.2, 0.25) is 5.02 Å². The van der Waals surface area contributed by atoms with Gasteiger partial charge >= 0.3 is 0 Å². The van der Waals surface area contributed by atoms with Gasteiger partial charge in [0.15, 0.2) is 0 Å². The van der Waals surface area contributed by atoms with Crippen LogP contribution in [0.1, 0.15) is 30.9 Å². The van der Waals surface area contributed by atoms with Gasteiger partial charge in [-0.1, -0.05) is 17.7 Å². The van der Waals surface area contributed by atoms with Crippen molar-refractivity contribution in [1.82, 2.24) is 0 Å². The Labute approximate surface area is 146 Å². The Bertz CT molecular complexity index is 690. The molecular weight excluding hydrogens is 329 g/mol. The molecule has 0 radical (unpaired) electrons. The molecule has 5 atom stereocenters. The third-order valence-electron chi connectivity index (χ3n) is 5.41. The number of nitrogens with one attached hydrogen (secondary N) is 1. The fourth-order valence-electron chi connectivity index (χ4n) is 4.20. The predicted octanol–water partition coefficient (Wildman–Crippen LogP) is 4.39. The van der Waals surface area contributed by atoms with Gasteiger partial charge in [-0.3, -0.25) is 0 Å². The summed E-state index contributed by atoms with van der Waals surface area (Å²) in [6.07, 6.45) is 7.46. The molecule has 1 fully saturated rings. The van der Waals surface area contributed by atoms with Crippen molar-refractivity contribution in [2.45, 2.75) is 37.5 Å². The highest BCUT2D eigenvalue weighted by Gasteiger charge is 2.43. The van der Waals surface area contributed by atoms with E-state index in [1.165, 1.54) is 0 Å². The van der Waals surface area contributed by atoms with Crippen LogP contribution in [0.15, 0.2) is 42.3 Å². The molecule has 3 aliphatic rings. The second kappa shape index (κ2) is 6.51. The van der Waals surface area contributed by atoms with Crippen molar-refractivity contribution in [3.8, 4) is 0 Å². The van der Waals surface area contributed by atoms with E-state index < -0.39 is 0 Å². The number of aliphatic hydroxyl groups excluding tert-OH is 1. The smallest absolute Gasteiger partial charge is 0.118 e. The Morgan fingerprint density at radius 2 is 2.21 bits per heavy atom. The summed E-state index contributed by atoms with van der Waals surface area (Å²) in [7, 11) is 0. The zero-order valence-electron chi connectivity index (χ0n) is 13.3. The minimum absolute atomic E-state index is 0.0362. The molecule has 0 saturated carbocycles. The van der Waals surface area contributed by atoms with E-state index in [-0.39, 0.29) is 42.5 Å². The van der Waals surface area contributed by atoms with Crippen molar-refractivity contribution in [2.24, 2.45) is 11.8 Å². The molecule has 5 heteroatoms. The summed E-state index contributed by atoms with van der Waals surface area (Å²) in [6.45, 7) is 0.0362. The lowest BCUT2D eigenvalue weighted by molar-refractivity contribution is -0.112. The molecule has 2 aliphatic heterocycles. The van der Waals surface area contributed by atoms with E-state index in [0.29, 0.717) is 11.4 Å². The maximum atomic E-state index is 13.3. The average molecular weight is 350 g/mol. The maximum absolute atomic E-state index is 13.3. The minimum atomic E-state index is -0.161. The summed E-state index contributed by atoms with van der Waals surface area (Å²) in [4.78, 5) is 0. The van der Waals surface area contributed by atoms with Crippen molar-refractivity contribution < 1.29 is 14.2 Å². The monoisotopic (exact) mass is 349 g/mol. The lowest BCUT2D eigenvalue weighted by Gasteiger charge is -2.47. The van der Waals surface area contributed by atoms with Crippen molar-refractivity contribution >= 4 is 17.3 Å². The number of ether oxygens (including phenoxy) is 1. The molecule has 0 amide bonds. The van der Waals surface area contributed by atoms with Gasteiger partial charge in [0, 0.05) is 34.2 Å². The molecule has 128 valence electrons. The first-order valence-electron chi connectivity index (χ1n) is 8.52. The number of benzene rings is 1. The first kappa shape index (κ1) is 16.1. The van der Waals surface area contributed by atoms with Crippen molar-refractivity contribution in [3.63, 3.8) is 0 Å². The van der Waals surface area contributed by atoms with Crippen molar-refractivity contribution in [3.05, 3.63) is 52.8 Å². The SMILES string of the molecule is OC[C@H]1CC[C@@H]2[C@H](O1)c1cc(Cl)ccc1N[C@H]2C1C=CC(F)=CC1. The van der Waals surface area contributed by atoms with Crippen LogP contribution in [0, 0.1) is 11.8 Å². The fourth-order valence-corrected chi connectivity index (χ4v) is 4.38. The highest BCUT2D eigenvalue weighted by atomic mass is 35.5. The van der Waals surface area contributed by atoms with Crippen LogP contribution in [0.3, 0.4) is 0 Å². The summed E-state index contributed by atoms with van der Waals surface area (Å²) in [5, 5.41) is 13.8. The Balaban J connectivity index is 1.68. The van der Waals surface area contributed by atoms with Crippen LogP contribution in [0.5, 0.6) is 0 Å². The van der Waals surface area contributed by atoms with Gasteiger partial charge in [-0.25, -0.2) is 4.39 Å². The summed E-state index contributed by atoms with van der Waals surface area (Å²) in [6, 6.07) is 5.99. The maximum Gasteiger partial charge on any atom is 0.118 e. The Morgan fingerprint density at radius 1 is 1.33 bits per heavy atom. The van der Waals surface area contributed by atoms with E-state index in [1.807, 2.05) is 24.3 Å². The zero-order valence-corrected chi connectivity index (χ0v) is 14.0. The van der Waals surface area contributed by atoms with Gasteiger partial charge in [0.05, 0.1) is 18.8 Å². The number of rotatable bonds is 2. The van der Waals surface area contributed by atoms with Crippen LogP contribution in [-0.4, -0.2) is 23.9 Å². The standard InChI is InChI=1S/C19H21ClFNO2/c20-12-3-8-17-16(9-12)19-15(7-6-14(10-23)24-19)18(22-17)11-1-4-13(21)5-2-11/h1,3-5,8-9,11,14-15,18-19,22-23H,2,6-7,10H2/t11?,14-,15+,18+,19+/m1/s1. The molecule has 4 rings (SSSR count). The molecule has 1 aromatic carbocycles. The first-order chi connectivity index (χ1) is 11.7. The van der Waals surface area contributed by atoms with Crippen molar-refractivity contribution in [1.29, 1.82) is 0 Å². The molecule has 1 aromatic rings. The number of hydrogen-bond acceptors (Lipinski definition) is 3. The lowest BCUT2D eigenvalue weighted by Crippen LogP contribution is -2.47. The molecular formula is C19H21ClFNO2. The predicted molar refractivity (Wildman–Crippen MR) is 92.7 cm³/mol. The summed E-state index contributed by atoms with van der Waals surface area (Å²) in [5.74, 6) is 0.351. The van der Waals surface area contributed by atoms with Crippen LogP contribution in [0.4, 0.5) is 10.1 Å². The number of anilines is 1. The first-order valence-corrected chi connectivity index (χ1v) is 8.89. The molecule has 1 aliphatic carbocycles. The van der Waals surface area contributed by atoms with E-state index in [2.05, 4.69) is 5.32 Å². The van der Waals surface area contributed by atoms with Gasteiger partial charge in [0.25, 0.3) is 0 Å². The number of fused-ring (bicyclic) bond motifs is 3. The molecule has 2 N–H and O–H groups in total. The molecule has 1 unspecified atom stereocenters. The van der Waals surface area contributed by atoms with Gasteiger partial charge in [-0.2, -0.15) is 0 Å². The Hall–Kier alpha value is -1.36. The normalized spacial score (nSPS) is 34.8. The molecule has 3 nitrogen and oxygen atoms in total. The number of allylic oxidation sites excluding steroid dienone is 3. The zero-order chi connectivity index (χ0) is 16.7. The average Bonchev–Trinajstić information content (AvgIpc) is 2.61. The van der Waals surface area contributed by atoms with Gasteiger partial charge in [-0.15, -0.1) is 0 Å². The Morgan fingerprint density at radius 3 is 2.96 bits per heavy atom. The molecule has 1 saturated heterocycles. The lowest BCUT2D eigenvalue weighted by atomic mass is 9.73. The summed E-state index contributed by atoms with van der Waals surface area (Å²) >= 11 is 6.19. The minimum Gasteiger partial charge on any atom is -0.394 e. The summed E-state index contributed by atoms with van der Waals surface area (Å²) < 4.78 is 19.5. The second-order valence-electron chi connectivity index (χ2n) is 6.85. The number of hydrogen-bond donors (Lipinski definition) is 2. The third-order valence-corrected chi connectivity index (χ3v) is 5.64. The van der Waals surface area contributed by atoms with E-state index in [1.54, 1.807) is 12.2 Å². The molecule has 0 spiro atoms. The van der Waals surface area contributed by atoms with Gasteiger partial charge in [-0.05, 0) is 49.6 Å². The van der Waals surface area contributed by atoms with Crippen molar-refractivity contribution in [2.75, 3.05) is 11.9 Å². The van der Waals surface area contributed by atoms with Crippen LogP contribution in [0.25, 0.3) is 0 Å². The largest absolute Gasteiger partial charge is 0.394 e. The molecule has 0 aromatic heterocycles. The van der Waals surface area contributed by atoms with E-state index >= 15 is 0 Å². The van der Waals surface area contributed by atoms with Gasteiger partial charge < -0.3 is 15.2 Å². The molecule has 24 heavy (non-hydrogen) atoms. The Kier molecular flexibility index (Phi) is 4.37. The van der Waals surface area contributed by atoms with E-state index in [4.69, 9.17) is 16.3 Å². The fraction of sp³-hybridized carbons (Fsp3) is 0.474. The van der Waals surface area contributed by atoms with Gasteiger partial charge in [0.1, 0.15) is 5.83 Å². The van der Waals surface area contributed by atoms with Crippen LogP contribution < -0.4 is 5.32 Å². The number of aliphatic hydroxyl groups is 1. The van der Waals surface area contributed by atoms with E-state index in [0.717, 1.165) is 24.1 Å². The number of halogens is 2. The topological polar surface area (TPSA) is 41.5 Å². The molecule has 0 bridgehead atoms. The highest BCUT2D eigenvalue weighted by Crippen LogP contribution is 2.48. The molecule has 2 heterocycles. The van der Waals surface area contributed by atoms with Crippen LogP contribution >= 0.6 is 11.6 Å². The second-order valence-corrected chi connectivity index (χ2v) is 7.29.